The third-order valence-electron chi connectivity index (χ3n) is 6.13. The number of aromatic nitrogens is 3. The van der Waals surface area contributed by atoms with Gasteiger partial charge in [-0.1, -0.05) is 44.0 Å². The highest BCUT2D eigenvalue weighted by molar-refractivity contribution is 6.33. The summed E-state index contributed by atoms with van der Waals surface area (Å²) >= 11 is 6.67. The lowest BCUT2D eigenvalue weighted by atomic mass is 9.92. The highest BCUT2D eigenvalue weighted by atomic mass is 35.5. The maximum atomic E-state index is 13.3. The van der Waals surface area contributed by atoms with E-state index in [2.05, 4.69) is 28.1 Å². The van der Waals surface area contributed by atoms with Crippen LogP contribution >= 0.6 is 11.6 Å². The molecule has 0 spiro atoms. The summed E-state index contributed by atoms with van der Waals surface area (Å²) in [5, 5.41) is 9.69. The molecule has 2 aromatic rings. The molecular formula is C25H34ClFN4O. The molecule has 0 atom stereocenters. The Hall–Kier alpha value is -2.18. The van der Waals surface area contributed by atoms with E-state index in [1.165, 1.54) is 18.6 Å². The molecule has 1 aromatic carbocycles. The lowest BCUT2D eigenvalue weighted by Crippen LogP contribution is -2.36. The summed E-state index contributed by atoms with van der Waals surface area (Å²) in [5.41, 5.74) is 3.00. The first-order valence-electron chi connectivity index (χ1n) is 11.5. The number of rotatable bonds is 6. The van der Waals surface area contributed by atoms with Crippen molar-refractivity contribution >= 4 is 17.3 Å². The van der Waals surface area contributed by atoms with E-state index in [4.69, 9.17) is 16.3 Å². The molecule has 0 N–H and O–H groups in total. The van der Waals surface area contributed by atoms with Crippen LogP contribution in [0.5, 0.6) is 0 Å². The minimum Gasteiger partial charge on any atom is -0.378 e. The topological polar surface area (TPSA) is 43.2 Å². The second-order valence-corrected chi connectivity index (χ2v) is 8.46. The molecule has 7 heteroatoms. The minimum atomic E-state index is -0.192. The molecule has 1 aromatic heterocycles. The van der Waals surface area contributed by atoms with Gasteiger partial charge in [0, 0.05) is 31.4 Å². The zero-order valence-corrected chi connectivity index (χ0v) is 20.5. The first-order chi connectivity index (χ1) is 15.5. The second kappa shape index (κ2) is 10.6. The van der Waals surface area contributed by atoms with Crippen molar-refractivity contribution in [3.63, 3.8) is 0 Å². The van der Waals surface area contributed by atoms with Crippen molar-refractivity contribution in [1.29, 1.82) is 0 Å². The number of hydrogen-bond donors (Lipinski definition) is 0. The second-order valence-electron chi connectivity index (χ2n) is 8.05. The van der Waals surface area contributed by atoms with Crippen LogP contribution in [0.3, 0.4) is 0 Å². The van der Waals surface area contributed by atoms with Crippen LogP contribution in [0.25, 0.3) is 11.4 Å². The largest absolute Gasteiger partial charge is 0.378 e. The van der Waals surface area contributed by atoms with E-state index in [-0.39, 0.29) is 11.2 Å². The van der Waals surface area contributed by atoms with E-state index in [1.807, 2.05) is 43.7 Å². The van der Waals surface area contributed by atoms with Crippen LogP contribution in [-0.4, -0.2) is 41.1 Å². The Balaban J connectivity index is 0.00000141. The molecule has 2 aliphatic rings. The third kappa shape index (κ3) is 4.91. The van der Waals surface area contributed by atoms with Crippen molar-refractivity contribution in [2.45, 2.75) is 52.4 Å². The number of halogens is 2. The van der Waals surface area contributed by atoms with Gasteiger partial charge < -0.3 is 14.2 Å². The molecule has 4 rings (SSSR count). The Labute approximate surface area is 195 Å². The number of anilines is 1. The number of benzene rings is 1. The molecule has 0 unspecified atom stereocenters. The van der Waals surface area contributed by atoms with Gasteiger partial charge in [0.05, 0.1) is 29.5 Å². The summed E-state index contributed by atoms with van der Waals surface area (Å²) in [4.78, 5) is 2.28. The summed E-state index contributed by atoms with van der Waals surface area (Å²) in [6.45, 7) is 10.8. The summed E-state index contributed by atoms with van der Waals surface area (Å²) in [5.74, 6) is 1.48. The lowest BCUT2D eigenvalue weighted by molar-refractivity contribution is 0.122. The summed E-state index contributed by atoms with van der Waals surface area (Å²) in [6, 6.07) is 6.10. The molecule has 5 nitrogen and oxygen atoms in total. The molecule has 32 heavy (non-hydrogen) atoms. The van der Waals surface area contributed by atoms with Crippen molar-refractivity contribution < 1.29 is 9.13 Å². The molecule has 0 amide bonds. The van der Waals surface area contributed by atoms with Crippen molar-refractivity contribution in [2.75, 3.05) is 31.2 Å². The highest BCUT2D eigenvalue weighted by Gasteiger charge is 2.50. The van der Waals surface area contributed by atoms with E-state index in [0.29, 0.717) is 5.02 Å². The molecule has 0 bridgehead atoms. The monoisotopic (exact) mass is 460 g/mol. The smallest absolute Gasteiger partial charge is 0.165 e. The van der Waals surface area contributed by atoms with Gasteiger partial charge in [0.1, 0.15) is 5.82 Å². The van der Waals surface area contributed by atoms with Gasteiger partial charge in [-0.2, -0.15) is 0 Å². The van der Waals surface area contributed by atoms with Crippen molar-refractivity contribution in [3.8, 4) is 11.4 Å². The molecule has 174 valence electrons. The van der Waals surface area contributed by atoms with Crippen LogP contribution in [-0.2, 0) is 17.2 Å². The molecule has 0 radical (unpaired) electrons. The Morgan fingerprint density at radius 3 is 2.44 bits per heavy atom. The number of nitrogens with zero attached hydrogens (tertiary/aromatic N) is 4. The maximum absolute atomic E-state index is 13.3. The number of morpholine rings is 1. The fraction of sp³-hybridized carbons (Fsp3) is 0.520. The van der Waals surface area contributed by atoms with Gasteiger partial charge in [-0.25, -0.2) is 4.39 Å². The number of ether oxygens (including phenoxy) is 1. The van der Waals surface area contributed by atoms with Crippen LogP contribution in [0.4, 0.5) is 10.1 Å². The van der Waals surface area contributed by atoms with Gasteiger partial charge in [0.25, 0.3) is 0 Å². The average molecular weight is 461 g/mol. The lowest BCUT2D eigenvalue weighted by Gasteiger charge is -2.29. The Bertz CT molecular complexity index is 984. The average Bonchev–Trinajstić information content (AvgIpc) is 3.51. The first-order valence-corrected chi connectivity index (χ1v) is 11.9. The summed E-state index contributed by atoms with van der Waals surface area (Å²) < 4.78 is 20.8. The fourth-order valence-electron chi connectivity index (χ4n) is 4.33. The molecule has 1 aliphatic carbocycles. The van der Waals surface area contributed by atoms with Crippen LogP contribution in [0, 0.1) is 0 Å². The van der Waals surface area contributed by atoms with Gasteiger partial charge in [-0.05, 0) is 50.5 Å². The minimum absolute atomic E-state index is 0.152. The van der Waals surface area contributed by atoms with Gasteiger partial charge in [0.2, 0.25) is 0 Å². The predicted octanol–water partition coefficient (Wildman–Crippen LogP) is 6.24. The maximum Gasteiger partial charge on any atom is 0.165 e. The molecule has 1 aliphatic heterocycles. The van der Waals surface area contributed by atoms with Crippen molar-refractivity contribution in [2.24, 2.45) is 7.05 Å². The molecule has 2 heterocycles. The molecular weight excluding hydrogens is 427 g/mol. The predicted molar refractivity (Wildman–Crippen MR) is 130 cm³/mol. The molecule has 1 saturated heterocycles. The van der Waals surface area contributed by atoms with E-state index < -0.39 is 0 Å². The van der Waals surface area contributed by atoms with Gasteiger partial charge in [0.15, 0.2) is 5.82 Å². The van der Waals surface area contributed by atoms with Gasteiger partial charge in [-0.3, -0.25) is 0 Å². The number of hydrogen-bond acceptors (Lipinski definition) is 4. The van der Waals surface area contributed by atoms with Crippen molar-refractivity contribution in [1.82, 2.24) is 14.8 Å². The Kier molecular flexibility index (Phi) is 8.12. The summed E-state index contributed by atoms with van der Waals surface area (Å²) in [7, 11) is 1.99. The van der Waals surface area contributed by atoms with E-state index in [9.17, 15) is 4.39 Å². The molecule has 2 fully saturated rings. The fourth-order valence-corrected chi connectivity index (χ4v) is 4.59. The third-order valence-corrected chi connectivity index (χ3v) is 6.45. The quantitative estimate of drug-likeness (QED) is 0.478. The SMILES string of the molecule is CC.CC/C(=C\C=C(/C)F)C1(c2nnc(-c3ccc(N4CCOCC4)cc3Cl)n2C)CC1. The molecule has 1 saturated carbocycles. The van der Waals surface area contributed by atoms with E-state index in [1.54, 1.807) is 0 Å². The van der Waals surface area contributed by atoms with Crippen molar-refractivity contribution in [3.05, 3.63) is 52.6 Å². The van der Waals surface area contributed by atoms with E-state index >= 15 is 0 Å². The highest BCUT2D eigenvalue weighted by Crippen LogP contribution is 2.54. The first kappa shape index (κ1) is 24.5. The Morgan fingerprint density at radius 2 is 1.88 bits per heavy atom. The standard InChI is InChI=1S/C23H28ClFN4O.C2H6/c1-4-17(6-5-16(2)25)23(9-10-23)22-27-26-21(28(22)3)19-8-7-18(15-20(19)24)29-11-13-30-14-12-29;1-2/h5-8,15H,4,9-14H2,1-3H3;1-2H3/b16-5+,17-6+;. The van der Waals surface area contributed by atoms with Gasteiger partial charge in [-0.15, -0.1) is 10.2 Å². The normalized spacial score (nSPS) is 18.3. The zero-order chi connectivity index (χ0) is 23.3. The van der Waals surface area contributed by atoms with Crippen LogP contribution in [0.15, 0.2) is 41.8 Å². The Morgan fingerprint density at radius 1 is 1.19 bits per heavy atom. The van der Waals surface area contributed by atoms with Crippen LogP contribution < -0.4 is 4.90 Å². The number of allylic oxidation sites excluding steroid dienone is 4. The zero-order valence-electron chi connectivity index (χ0n) is 19.8. The van der Waals surface area contributed by atoms with Gasteiger partial charge >= 0.3 is 0 Å². The van der Waals surface area contributed by atoms with Crippen LogP contribution in [0.1, 0.15) is 52.8 Å². The summed E-state index contributed by atoms with van der Waals surface area (Å²) in [6.07, 6.45) is 6.29. The van der Waals surface area contributed by atoms with E-state index in [0.717, 1.165) is 68.5 Å². The van der Waals surface area contributed by atoms with Crippen LogP contribution in [0.2, 0.25) is 5.02 Å².